The Morgan fingerprint density at radius 1 is 0.468 bits per heavy atom. The third-order valence-corrected chi connectivity index (χ3v) is 11.6. The SMILES string of the molecule is CCC/C=C/C=C/C=C/C=C/C=C/CCCCCC(CC(=O)NC(CO)C(O)CCCCCCCCCCCCCCCC)OC(=O)CCCCC/C=C\CCCCCCCC. The summed E-state index contributed by atoms with van der Waals surface area (Å²) in [6, 6.07) is -0.721. The number of aliphatic hydroxyl groups excluding tert-OH is 2. The predicted octanol–water partition coefficient (Wildman–Crippen LogP) is 15.8. The summed E-state index contributed by atoms with van der Waals surface area (Å²) in [6.07, 6.45) is 62.4. The Labute approximate surface area is 383 Å². The van der Waals surface area contributed by atoms with Gasteiger partial charge in [-0.3, -0.25) is 9.59 Å². The van der Waals surface area contributed by atoms with E-state index in [9.17, 15) is 19.8 Å². The molecule has 6 heteroatoms. The molecule has 0 aromatic rings. The second-order valence-electron chi connectivity index (χ2n) is 17.7. The summed E-state index contributed by atoms with van der Waals surface area (Å²) in [5.74, 6) is -0.535. The van der Waals surface area contributed by atoms with Crippen LogP contribution < -0.4 is 5.32 Å². The van der Waals surface area contributed by atoms with Crippen molar-refractivity contribution in [2.24, 2.45) is 0 Å². The normalized spacial score (nSPS) is 13.8. The van der Waals surface area contributed by atoms with Crippen LogP contribution in [0.3, 0.4) is 0 Å². The van der Waals surface area contributed by atoms with Crippen LogP contribution in [0.15, 0.2) is 72.9 Å². The van der Waals surface area contributed by atoms with Crippen molar-refractivity contribution in [2.45, 2.75) is 264 Å². The number of ether oxygens (including phenoxy) is 1. The maximum atomic E-state index is 13.2. The molecule has 0 aromatic heterocycles. The van der Waals surface area contributed by atoms with E-state index < -0.39 is 18.2 Å². The van der Waals surface area contributed by atoms with E-state index in [2.05, 4.69) is 62.5 Å². The van der Waals surface area contributed by atoms with Gasteiger partial charge in [0.2, 0.25) is 5.91 Å². The molecule has 3 unspecified atom stereocenters. The Hall–Kier alpha value is -2.70. The Bertz CT molecular complexity index is 1150. The number of aliphatic hydroxyl groups is 2. The molecule has 0 aromatic carbocycles. The molecule has 0 fully saturated rings. The number of allylic oxidation sites excluding steroid dienone is 12. The van der Waals surface area contributed by atoms with Crippen molar-refractivity contribution in [1.82, 2.24) is 5.32 Å². The highest BCUT2D eigenvalue weighted by Crippen LogP contribution is 2.17. The lowest BCUT2D eigenvalue weighted by Crippen LogP contribution is -2.46. The number of nitrogens with one attached hydrogen (secondary N) is 1. The van der Waals surface area contributed by atoms with Crippen LogP contribution in [-0.4, -0.2) is 46.9 Å². The zero-order valence-corrected chi connectivity index (χ0v) is 40.7. The molecule has 3 N–H and O–H groups in total. The van der Waals surface area contributed by atoms with Gasteiger partial charge in [-0.2, -0.15) is 0 Å². The molecule has 0 aliphatic carbocycles. The third kappa shape index (κ3) is 43.9. The topological polar surface area (TPSA) is 95.9 Å². The number of esters is 1. The van der Waals surface area contributed by atoms with Crippen molar-refractivity contribution >= 4 is 11.9 Å². The second-order valence-corrected chi connectivity index (χ2v) is 17.7. The zero-order chi connectivity index (χ0) is 45.2. The van der Waals surface area contributed by atoms with Gasteiger partial charge in [0.1, 0.15) is 6.10 Å². The van der Waals surface area contributed by atoms with Gasteiger partial charge in [-0.25, -0.2) is 0 Å². The molecule has 0 radical (unpaired) electrons. The number of rotatable bonds is 46. The molecule has 0 heterocycles. The number of carbonyl (C=O) groups is 2. The monoisotopic (exact) mass is 866 g/mol. The van der Waals surface area contributed by atoms with Crippen molar-refractivity contribution in [2.75, 3.05) is 6.61 Å². The first-order chi connectivity index (χ1) is 30.5. The van der Waals surface area contributed by atoms with Gasteiger partial charge >= 0.3 is 5.97 Å². The fourth-order valence-electron chi connectivity index (χ4n) is 7.63. The quantitative estimate of drug-likeness (QED) is 0.0245. The number of hydrogen-bond acceptors (Lipinski definition) is 5. The summed E-state index contributed by atoms with van der Waals surface area (Å²) in [5, 5.41) is 23.8. The molecular weight excluding hydrogens is 767 g/mol. The summed E-state index contributed by atoms with van der Waals surface area (Å²) < 4.78 is 5.91. The van der Waals surface area contributed by atoms with Gasteiger partial charge in [-0.05, 0) is 70.6 Å². The summed E-state index contributed by atoms with van der Waals surface area (Å²) in [4.78, 5) is 26.1. The lowest BCUT2D eigenvalue weighted by molar-refractivity contribution is -0.151. The van der Waals surface area contributed by atoms with Crippen LogP contribution in [0.25, 0.3) is 0 Å². The van der Waals surface area contributed by atoms with Crippen LogP contribution in [0.5, 0.6) is 0 Å². The van der Waals surface area contributed by atoms with Gasteiger partial charge in [0, 0.05) is 6.42 Å². The fourth-order valence-corrected chi connectivity index (χ4v) is 7.63. The van der Waals surface area contributed by atoms with Crippen molar-refractivity contribution < 1.29 is 24.5 Å². The largest absolute Gasteiger partial charge is 0.462 e. The molecule has 0 spiro atoms. The van der Waals surface area contributed by atoms with E-state index in [1.165, 1.54) is 116 Å². The molecule has 62 heavy (non-hydrogen) atoms. The van der Waals surface area contributed by atoms with Crippen LogP contribution in [0.1, 0.15) is 245 Å². The van der Waals surface area contributed by atoms with Crippen LogP contribution in [0.4, 0.5) is 0 Å². The maximum Gasteiger partial charge on any atom is 0.306 e. The Kier molecular flexibility index (Phi) is 47.2. The first-order valence-corrected chi connectivity index (χ1v) is 26.2. The van der Waals surface area contributed by atoms with E-state index in [1.807, 2.05) is 36.5 Å². The average molecular weight is 866 g/mol. The zero-order valence-electron chi connectivity index (χ0n) is 40.7. The standard InChI is InChI=1S/C56H99NO5/c1-4-7-10-13-16-19-22-25-27-28-30-32-35-38-41-44-47-52(62-56(61)49-46-43-40-37-34-29-24-21-18-15-12-9-6-3)50-55(60)57-53(51-58)54(59)48-45-42-39-36-33-31-26-23-20-17-14-11-8-5-2/h10,13,16,19,22,25,27-30,32,34,52-54,58-59H,4-9,11-12,14-15,17-18,20-21,23-24,26,31,33,35-51H2,1-3H3,(H,57,60)/b13-10+,19-16+,25-22+,28-27+,32-30+,34-29-. The van der Waals surface area contributed by atoms with Gasteiger partial charge in [0.15, 0.2) is 0 Å². The summed E-state index contributed by atoms with van der Waals surface area (Å²) in [6.45, 7) is 6.37. The molecule has 3 atom stereocenters. The molecule has 6 nitrogen and oxygen atoms in total. The maximum absolute atomic E-state index is 13.2. The average Bonchev–Trinajstić information content (AvgIpc) is 3.26. The lowest BCUT2D eigenvalue weighted by atomic mass is 10.0. The number of carbonyl (C=O) groups excluding carboxylic acids is 2. The summed E-state index contributed by atoms with van der Waals surface area (Å²) >= 11 is 0. The van der Waals surface area contributed by atoms with E-state index in [-0.39, 0.29) is 24.9 Å². The minimum absolute atomic E-state index is 0.0413. The fraction of sp³-hybridized carbons (Fsp3) is 0.750. The molecule has 0 saturated carbocycles. The van der Waals surface area contributed by atoms with Gasteiger partial charge < -0.3 is 20.3 Å². The van der Waals surface area contributed by atoms with Crippen LogP contribution in [-0.2, 0) is 14.3 Å². The van der Waals surface area contributed by atoms with Gasteiger partial charge in [-0.1, -0.05) is 235 Å². The van der Waals surface area contributed by atoms with Crippen molar-refractivity contribution in [3.8, 4) is 0 Å². The van der Waals surface area contributed by atoms with E-state index in [1.54, 1.807) is 0 Å². The Morgan fingerprint density at radius 2 is 0.871 bits per heavy atom. The van der Waals surface area contributed by atoms with E-state index >= 15 is 0 Å². The molecule has 0 aliphatic rings. The van der Waals surface area contributed by atoms with E-state index in [4.69, 9.17) is 4.74 Å². The highest BCUT2D eigenvalue weighted by Gasteiger charge is 2.24. The molecule has 0 saturated heterocycles. The first kappa shape index (κ1) is 59.3. The second kappa shape index (κ2) is 49.3. The van der Waals surface area contributed by atoms with Crippen LogP contribution in [0, 0.1) is 0 Å². The minimum Gasteiger partial charge on any atom is -0.462 e. The third-order valence-electron chi connectivity index (χ3n) is 11.6. The van der Waals surface area contributed by atoms with Crippen LogP contribution in [0.2, 0.25) is 0 Å². The number of hydrogen-bond donors (Lipinski definition) is 3. The Morgan fingerprint density at radius 3 is 1.37 bits per heavy atom. The van der Waals surface area contributed by atoms with Crippen molar-refractivity contribution in [1.29, 1.82) is 0 Å². The smallest absolute Gasteiger partial charge is 0.306 e. The molecular formula is C56H99NO5. The molecule has 0 bridgehead atoms. The van der Waals surface area contributed by atoms with Crippen molar-refractivity contribution in [3.63, 3.8) is 0 Å². The molecule has 0 aliphatic heterocycles. The highest BCUT2D eigenvalue weighted by molar-refractivity contribution is 5.77. The summed E-state index contributed by atoms with van der Waals surface area (Å²) in [7, 11) is 0. The number of unbranched alkanes of at least 4 members (excludes halogenated alkanes) is 26. The minimum atomic E-state index is -0.804. The van der Waals surface area contributed by atoms with Crippen LogP contribution >= 0.6 is 0 Å². The first-order valence-electron chi connectivity index (χ1n) is 26.2. The van der Waals surface area contributed by atoms with Gasteiger partial charge in [0.25, 0.3) is 0 Å². The van der Waals surface area contributed by atoms with Gasteiger partial charge in [-0.15, -0.1) is 0 Å². The Balaban J connectivity index is 4.70. The predicted molar refractivity (Wildman–Crippen MR) is 268 cm³/mol. The molecule has 0 rings (SSSR count). The van der Waals surface area contributed by atoms with E-state index in [0.717, 1.165) is 83.5 Å². The van der Waals surface area contributed by atoms with Gasteiger partial charge in [0.05, 0.1) is 25.2 Å². The summed E-state index contributed by atoms with van der Waals surface area (Å²) in [5.41, 5.74) is 0. The lowest BCUT2D eigenvalue weighted by Gasteiger charge is -2.24. The molecule has 1 amide bonds. The number of amides is 1. The van der Waals surface area contributed by atoms with Crippen molar-refractivity contribution in [3.05, 3.63) is 72.9 Å². The highest BCUT2D eigenvalue weighted by atomic mass is 16.5. The van der Waals surface area contributed by atoms with E-state index in [0.29, 0.717) is 19.3 Å². The molecule has 358 valence electrons.